The fraction of sp³-hybridized carbons (Fsp3) is 0.273. The van der Waals surface area contributed by atoms with Gasteiger partial charge in [0.15, 0.2) is 11.6 Å². The molecule has 10 nitrogen and oxygen atoms in total. The Labute approximate surface area is 209 Å². The first-order valence-electron chi connectivity index (χ1n) is 10.5. The Morgan fingerprint density at radius 1 is 1.23 bits per heavy atom. The van der Waals surface area contributed by atoms with E-state index in [-0.39, 0.29) is 26.8 Å². The van der Waals surface area contributed by atoms with Crippen LogP contribution in [0.1, 0.15) is 26.4 Å². The lowest BCUT2D eigenvalue weighted by Gasteiger charge is -2.34. The zero-order valence-electron chi connectivity index (χ0n) is 18.8. The molecule has 0 atom stereocenters. The number of aromatic carboxylic acids is 1. The van der Waals surface area contributed by atoms with Gasteiger partial charge in [-0.15, -0.1) is 11.3 Å². The van der Waals surface area contributed by atoms with E-state index < -0.39 is 17.7 Å². The maximum Gasteiger partial charge on any atom is 0.335 e. The predicted molar refractivity (Wildman–Crippen MR) is 129 cm³/mol. The molecule has 3 aromatic rings. The van der Waals surface area contributed by atoms with Gasteiger partial charge in [0, 0.05) is 38.1 Å². The Balaban J connectivity index is 0.00000167. The molecule has 1 aromatic carbocycles. The zero-order chi connectivity index (χ0) is 25.5. The van der Waals surface area contributed by atoms with E-state index >= 15 is 0 Å². The van der Waals surface area contributed by atoms with E-state index in [2.05, 4.69) is 15.7 Å². The third kappa shape index (κ3) is 6.42. The summed E-state index contributed by atoms with van der Waals surface area (Å²) in [6.07, 6.45) is 1.42. The van der Waals surface area contributed by atoms with Crippen LogP contribution in [0.4, 0.5) is 10.2 Å². The van der Waals surface area contributed by atoms with Gasteiger partial charge in [-0.1, -0.05) is 17.7 Å². The molecule has 1 fully saturated rings. The molecule has 0 aliphatic carbocycles. The van der Waals surface area contributed by atoms with Gasteiger partial charge in [0.25, 0.3) is 5.91 Å². The first kappa shape index (κ1) is 26.3. The van der Waals surface area contributed by atoms with E-state index in [9.17, 15) is 24.3 Å². The van der Waals surface area contributed by atoms with Crippen LogP contribution in [0.2, 0.25) is 5.02 Å². The van der Waals surface area contributed by atoms with E-state index in [0.717, 1.165) is 4.73 Å². The molecule has 1 aliphatic rings. The van der Waals surface area contributed by atoms with E-state index in [4.69, 9.17) is 11.6 Å². The number of aromatic nitrogens is 2. The Morgan fingerprint density at radius 2 is 1.94 bits per heavy atom. The monoisotopic (exact) mass is 522 g/mol. The third-order valence-corrected chi connectivity index (χ3v) is 6.16. The number of carboxylic acid groups (broad SMARTS) is 1. The van der Waals surface area contributed by atoms with Crippen LogP contribution >= 0.6 is 22.9 Å². The quantitative estimate of drug-likeness (QED) is 0.437. The molecule has 1 aliphatic heterocycles. The summed E-state index contributed by atoms with van der Waals surface area (Å²) < 4.78 is 15.0. The summed E-state index contributed by atoms with van der Waals surface area (Å²) in [6, 6.07) is 7.14. The van der Waals surface area contributed by atoms with Crippen LogP contribution in [0.25, 0.3) is 0 Å². The highest BCUT2D eigenvalue weighted by atomic mass is 35.5. The second kappa shape index (κ2) is 11.9. The smallest absolute Gasteiger partial charge is 0.335 e. The second-order valence-corrected chi connectivity index (χ2v) is 8.60. The summed E-state index contributed by atoms with van der Waals surface area (Å²) in [5.74, 6) is -2.10. The van der Waals surface area contributed by atoms with E-state index in [1.54, 1.807) is 10.3 Å². The molecule has 1 saturated heterocycles. The minimum atomic E-state index is -1.11. The summed E-state index contributed by atoms with van der Waals surface area (Å²) in [5.41, 5.74) is 4.97. The molecule has 35 heavy (non-hydrogen) atoms. The number of rotatable bonds is 5. The third-order valence-electron chi connectivity index (χ3n) is 5.12. The van der Waals surface area contributed by atoms with Crippen molar-refractivity contribution in [1.82, 2.24) is 19.5 Å². The van der Waals surface area contributed by atoms with Crippen molar-refractivity contribution in [1.29, 1.82) is 0 Å². The van der Waals surface area contributed by atoms with Crippen molar-refractivity contribution < 1.29 is 24.3 Å². The number of hydrogen-bond acceptors (Lipinski definition) is 8. The molecule has 0 bridgehead atoms. The first-order valence-corrected chi connectivity index (χ1v) is 11.8. The Morgan fingerprint density at radius 3 is 2.57 bits per heavy atom. The molecule has 0 spiro atoms. The van der Waals surface area contributed by atoms with Gasteiger partial charge in [-0.3, -0.25) is 9.69 Å². The minimum Gasteiger partial charge on any atom is -0.478 e. The molecule has 4 rings (SSSR count). The van der Waals surface area contributed by atoms with Gasteiger partial charge >= 0.3 is 5.97 Å². The number of carbonyl (C=O) groups is 2. The molecule has 13 heteroatoms. The van der Waals surface area contributed by atoms with Crippen molar-refractivity contribution in [2.45, 2.75) is 6.54 Å². The summed E-state index contributed by atoms with van der Waals surface area (Å²) >= 11 is 6.97. The number of nitrogens with two attached hydrogens (primary N) is 1. The zero-order valence-corrected chi connectivity index (χ0v) is 20.3. The van der Waals surface area contributed by atoms with Crippen molar-refractivity contribution in [3.8, 4) is 0 Å². The number of hydrogen-bond donors (Lipinski definition) is 3. The van der Waals surface area contributed by atoms with Crippen molar-refractivity contribution in [3.63, 3.8) is 0 Å². The highest BCUT2D eigenvalue weighted by Gasteiger charge is 2.25. The fourth-order valence-electron chi connectivity index (χ4n) is 3.45. The lowest BCUT2D eigenvalue weighted by Crippen LogP contribution is -2.48. The number of carboxylic acids is 1. The average Bonchev–Trinajstić information content (AvgIpc) is 3.26. The number of halogens is 2. The molecule has 0 unspecified atom stereocenters. The average molecular weight is 523 g/mol. The van der Waals surface area contributed by atoms with Crippen LogP contribution in [-0.4, -0.2) is 74.9 Å². The van der Waals surface area contributed by atoms with E-state index in [1.807, 2.05) is 4.90 Å². The molecule has 2 aromatic heterocycles. The molecule has 3 heterocycles. The molecule has 4 N–H and O–H groups in total. The normalized spacial score (nSPS) is 14.4. The van der Waals surface area contributed by atoms with E-state index in [1.165, 1.54) is 54.9 Å². The highest BCUT2D eigenvalue weighted by Crippen LogP contribution is 2.21. The molecule has 0 radical (unpaired) electrons. The number of thiazole rings is 1. The maximum atomic E-state index is 14.2. The standard InChI is InChI=1S/C21H19ClFN5O4S.CH5N/c22-16-3-1-2-15(18(16)23)19(29)27-6-4-26(5-7-27)12-14-10-13(20(30)31)11-17(24-14)25-21-28(32)8-9-33-21;1-2/h1-3,8-11,32H,4-7,12H2,(H,30,31);2H2,1H3/b25-21-;. The SMILES string of the molecule is CN.O=C(O)c1cc(CN2CCN(C(=O)c3cccc(Cl)c3F)CC2)nc(/N=c2\sccn2O)c1. The minimum absolute atomic E-state index is 0.0324. The van der Waals surface area contributed by atoms with Gasteiger partial charge in [-0.25, -0.2) is 14.2 Å². The van der Waals surface area contributed by atoms with Gasteiger partial charge in [0.1, 0.15) is 0 Å². The van der Waals surface area contributed by atoms with Gasteiger partial charge in [-0.05, 0) is 31.3 Å². The Bertz CT molecular complexity index is 1270. The largest absolute Gasteiger partial charge is 0.478 e. The fourth-order valence-corrected chi connectivity index (χ4v) is 4.24. The van der Waals surface area contributed by atoms with Crippen LogP contribution in [-0.2, 0) is 6.54 Å². The number of amides is 1. The van der Waals surface area contributed by atoms with Gasteiger partial charge < -0.3 is 20.9 Å². The van der Waals surface area contributed by atoms with Crippen LogP contribution < -0.4 is 10.5 Å². The van der Waals surface area contributed by atoms with Crippen molar-refractivity contribution >= 4 is 40.6 Å². The number of pyridine rings is 1. The second-order valence-electron chi connectivity index (χ2n) is 7.32. The van der Waals surface area contributed by atoms with Crippen LogP contribution in [0.3, 0.4) is 0 Å². The molecule has 1 amide bonds. The van der Waals surface area contributed by atoms with Gasteiger partial charge in [-0.2, -0.15) is 9.72 Å². The Hall–Kier alpha value is -3.32. The summed E-state index contributed by atoms with van der Waals surface area (Å²) in [4.78, 5) is 36.7. The van der Waals surface area contributed by atoms with Crippen molar-refractivity contribution in [3.05, 3.63) is 74.4 Å². The van der Waals surface area contributed by atoms with Crippen LogP contribution in [0.15, 0.2) is 46.9 Å². The van der Waals surface area contributed by atoms with Crippen molar-refractivity contribution in [2.75, 3.05) is 33.2 Å². The molecule has 0 saturated carbocycles. The molecular formula is C22H24ClFN6O4S. The van der Waals surface area contributed by atoms with Crippen LogP contribution in [0, 0.1) is 5.82 Å². The molecular weight excluding hydrogens is 499 g/mol. The highest BCUT2D eigenvalue weighted by molar-refractivity contribution is 7.07. The first-order chi connectivity index (χ1) is 16.8. The maximum absolute atomic E-state index is 14.2. The lowest BCUT2D eigenvalue weighted by molar-refractivity contribution is 0.0620. The van der Waals surface area contributed by atoms with Gasteiger partial charge in [0.2, 0.25) is 4.80 Å². The van der Waals surface area contributed by atoms with Crippen LogP contribution in [0.5, 0.6) is 0 Å². The Kier molecular flexibility index (Phi) is 8.93. The summed E-state index contributed by atoms with van der Waals surface area (Å²) in [5, 5.41) is 20.7. The summed E-state index contributed by atoms with van der Waals surface area (Å²) in [6.45, 7) is 2.10. The van der Waals surface area contributed by atoms with Gasteiger partial charge in [0.05, 0.1) is 28.0 Å². The van der Waals surface area contributed by atoms with Crippen molar-refractivity contribution in [2.24, 2.45) is 10.7 Å². The predicted octanol–water partition coefficient (Wildman–Crippen LogP) is 2.44. The number of piperazine rings is 1. The topological polar surface area (TPSA) is 137 Å². The number of carbonyl (C=O) groups excluding carboxylic acids is 1. The summed E-state index contributed by atoms with van der Waals surface area (Å²) in [7, 11) is 1.50. The number of benzene rings is 1. The van der Waals surface area contributed by atoms with E-state index in [0.29, 0.717) is 38.4 Å². The lowest BCUT2D eigenvalue weighted by atomic mass is 10.1. The molecule has 186 valence electrons. The number of nitrogens with zero attached hydrogens (tertiary/aromatic N) is 5.